The lowest BCUT2D eigenvalue weighted by atomic mass is 10.6. The van der Waals surface area contributed by atoms with Crippen molar-refractivity contribution in [3.05, 3.63) is 0 Å². The first-order chi connectivity index (χ1) is 2.64. The van der Waals surface area contributed by atoms with E-state index in [1.54, 1.807) is 13.8 Å². The highest BCUT2D eigenvalue weighted by atomic mass is 28.3. The van der Waals surface area contributed by atoms with Gasteiger partial charge in [0.25, 0.3) is 0 Å². The molecule has 2 nitrogen and oxygen atoms in total. The van der Waals surface area contributed by atoms with Crippen LogP contribution in [0.5, 0.6) is 0 Å². The van der Waals surface area contributed by atoms with Crippen LogP contribution in [0.1, 0.15) is 13.8 Å². The summed E-state index contributed by atoms with van der Waals surface area (Å²) in [5.74, 6) is 0. The average Bonchev–Trinajstić information content (AvgIpc) is 1.36. The molecule has 1 radical (unpaired) electrons. The fourth-order valence-electron chi connectivity index (χ4n) is 0. The van der Waals surface area contributed by atoms with Crippen LogP contribution in [-0.4, -0.2) is 18.9 Å². The van der Waals surface area contributed by atoms with Gasteiger partial charge in [-0.1, -0.05) is 13.8 Å². The summed E-state index contributed by atoms with van der Waals surface area (Å²) in [6.45, 7) is 3.57. The molecule has 2 N–H and O–H groups in total. The minimum Gasteiger partial charge on any atom is -0.410 e. The summed E-state index contributed by atoms with van der Waals surface area (Å²) in [5.41, 5.74) is 0.0648. The minimum atomic E-state index is -1.95. The van der Waals surface area contributed by atoms with Crippen molar-refractivity contribution < 1.29 is 9.59 Å². The predicted octanol–water partition coefficient (Wildman–Crippen LogP) is -0.131. The minimum absolute atomic E-state index is 0.0648. The van der Waals surface area contributed by atoms with E-state index in [0.717, 1.165) is 0 Å². The van der Waals surface area contributed by atoms with E-state index < -0.39 is 9.28 Å². The predicted molar refractivity (Wildman–Crippen MR) is 25.3 cm³/mol. The van der Waals surface area contributed by atoms with E-state index in [-0.39, 0.29) is 5.54 Å². The quantitative estimate of drug-likeness (QED) is 0.456. The van der Waals surface area contributed by atoms with Crippen LogP contribution in [0.15, 0.2) is 0 Å². The Balaban J connectivity index is 2.99. The zero-order chi connectivity index (χ0) is 5.15. The number of rotatable bonds is 1. The lowest BCUT2D eigenvalue weighted by Crippen LogP contribution is -2.14. The molecule has 0 heterocycles. The van der Waals surface area contributed by atoms with E-state index in [1.807, 2.05) is 0 Å². The molecule has 0 aromatic heterocycles. The Bertz CT molecular complexity index is 29.8. The smallest absolute Gasteiger partial charge is 0.381 e. The molecular weight excluding hydrogens is 96.1 g/mol. The van der Waals surface area contributed by atoms with Crippen molar-refractivity contribution >= 4 is 9.28 Å². The normalized spacial score (nSPS) is 11.0. The Kier molecular flexibility index (Phi) is 2.39. The number of hydrogen-bond acceptors (Lipinski definition) is 2. The van der Waals surface area contributed by atoms with Gasteiger partial charge in [0.1, 0.15) is 0 Å². The highest BCUT2D eigenvalue weighted by Crippen LogP contribution is 1.98. The van der Waals surface area contributed by atoms with Gasteiger partial charge in [0, 0.05) is 0 Å². The molecule has 37 valence electrons. The van der Waals surface area contributed by atoms with Crippen molar-refractivity contribution in [2.75, 3.05) is 0 Å². The van der Waals surface area contributed by atoms with Gasteiger partial charge in [-0.3, -0.25) is 0 Å². The van der Waals surface area contributed by atoms with Crippen molar-refractivity contribution in [2.45, 2.75) is 19.4 Å². The first kappa shape index (κ1) is 6.14. The van der Waals surface area contributed by atoms with Gasteiger partial charge in [0.2, 0.25) is 0 Å². The van der Waals surface area contributed by atoms with Gasteiger partial charge in [-0.25, -0.2) is 0 Å². The van der Waals surface area contributed by atoms with Crippen LogP contribution in [0.4, 0.5) is 0 Å². The topological polar surface area (TPSA) is 40.5 Å². The third-order valence-corrected chi connectivity index (χ3v) is 1.55. The van der Waals surface area contributed by atoms with Crippen LogP contribution in [0.2, 0.25) is 5.54 Å². The Morgan fingerprint density at radius 2 is 1.50 bits per heavy atom. The monoisotopic (exact) mass is 105 g/mol. The van der Waals surface area contributed by atoms with Gasteiger partial charge in [-0.05, 0) is 5.54 Å². The van der Waals surface area contributed by atoms with Crippen molar-refractivity contribution in [1.82, 2.24) is 0 Å². The van der Waals surface area contributed by atoms with E-state index in [2.05, 4.69) is 0 Å². The molecule has 0 aliphatic carbocycles. The summed E-state index contributed by atoms with van der Waals surface area (Å²) in [4.78, 5) is 16.6. The fourth-order valence-corrected chi connectivity index (χ4v) is 0. The maximum atomic E-state index is 8.29. The second-order valence-electron chi connectivity index (χ2n) is 1.51. The molecule has 0 saturated carbocycles. The maximum absolute atomic E-state index is 8.29. The summed E-state index contributed by atoms with van der Waals surface area (Å²) < 4.78 is 0. The highest BCUT2D eigenvalue weighted by molar-refractivity contribution is 6.42. The standard InChI is InChI=1S/C3H9O2Si/c1-3(2)6(4)5/h3-5H,1-2H3. The van der Waals surface area contributed by atoms with E-state index in [4.69, 9.17) is 9.59 Å². The lowest BCUT2D eigenvalue weighted by Gasteiger charge is -1.97. The van der Waals surface area contributed by atoms with E-state index in [0.29, 0.717) is 0 Å². The average molecular weight is 105 g/mol. The SMILES string of the molecule is CC(C)[Si](O)O. The molecule has 0 aromatic carbocycles. The first-order valence-corrected chi connectivity index (χ1v) is 3.36. The molecule has 0 bridgehead atoms. The molecule has 0 saturated heterocycles. The molecule has 0 aliphatic rings. The van der Waals surface area contributed by atoms with Crippen molar-refractivity contribution in [2.24, 2.45) is 0 Å². The third-order valence-electron chi connectivity index (χ3n) is 0.516. The van der Waals surface area contributed by atoms with Crippen LogP contribution >= 0.6 is 0 Å². The van der Waals surface area contributed by atoms with E-state index >= 15 is 0 Å². The molecule has 0 amide bonds. The zero-order valence-corrected chi connectivity index (χ0v) is 4.97. The van der Waals surface area contributed by atoms with Gasteiger partial charge >= 0.3 is 9.28 Å². The second kappa shape index (κ2) is 2.33. The Morgan fingerprint density at radius 1 is 1.33 bits per heavy atom. The van der Waals surface area contributed by atoms with E-state index in [9.17, 15) is 0 Å². The van der Waals surface area contributed by atoms with E-state index in [1.165, 1.54) is 0 Å². The zero-order valence-electron chi connectivity index (χ0n) is 3.97. The molecule has 0 aromatic rings. The lowest BCUT2D eigenvalue weighted by molar-refractivity contribution is 0.392. The maximum Gasteiger partial charge on any atom is 0.381 e. The van der Waals surface area contributed by atoms with Crippen molar-refractivity contribution in [3.63, 3.8) is 0 Å². The van der Waals surface area contributed by atoms with Gasteiger partial charge in [-0.2, -0.15) is 0 Å². The van der Waals surface area contributed by atoms with Crippen molar-refractivity contribution in [1.29, 1.82) is 0 Å². The Hall–Kier alpha value is 0.137. The summed E-state index contributed by atoms with van der Waals surface area (Å²) >= 11 is 0. The van der Waals surface area contributed by atoms with Crippen LogP contribution in [0.3, 0.4) is 0 Å². The molecular formula is C3H9O2Si. The molecule has 0 atom stereocenters. The molecule has 0 spiro atoms. The Morgan fingerprint density at radius 3 is 1.50 bits per heavy atom. The Labute approximate surface area is 39.3 Å². The summed E-state index contributed by atoms with van der Waals surface area (Å²) in [5, 5.41) is 0. The first-order valence-electron chi connectivity index (χ1n) is 1.89. The fraction of sp³-hybridized carbons (Fsp3) is 1.00. The molecule has 6 heavy (non-hydrogen) atoms. The van der Waals surface area contributed by atoms with Crippen LogP contribution in [0.25, 0.3) is 0 Å². The van der Waals surface area contributed by atoms with Gasteiger partial charge in [0.05, 0.1) is 0 Å². The highest BCUT2D eigenvalue weighted by Gasteiger charge is 2.07. The molecule has 0 aliphatic heterocycles. The molecule has 0 fully saturated rings. The summed E-state index contributed by atoms with van der Waals surface area (Å²) in [6, 6.07) is 0. The number of hydrogen-bond donors (Lipinski definition) is 2. The van der Waals surface area contributed by atoms with Crippen LogP contribution in [-0.2, 0) is 0 Å². The van der Waals surface area contributed by atoms with Gasteiger partial charge < -0.3 is 9.59 Å². The molecule has 0 rings (SSSR count). The largest absolute Gasteiger partial charge is 0.410 e. The third kappa shape index (κ3) is 2.38. The van der Waals surface area contributed by atoms with Crippen LogP contribution in [0, 0.1) is 0 Å². The van der Waals surface area contributed by atoms with Crippen LogP contribution < -0.4 is 0 Å². The van der Waals surface area contributed by atoms with Crippen molar-refractivity contribution in [3.8, 4) is 0 Å². The van der Waals surface area contributed by atoms with Gasteiger partial charge in [-0.15, -0.1) is 0 Å². The summed E-state index contributed by atoms with van der Waals surface area (Å²) in [7, 11) is -1.95. The summed E-state index contributed by atoms with van der Waals surface area (Å²) in [6.07, 6.45) is 0. The molecule has 3 heteroatoms. The van der Waals surface area contributed by atoms with Gasteiger partial charge in [0.15, 0.2) is 0 Å². The molecule has 0 unspecified atom stereocenters. The second-order valence-corrected chi connectivity index (χ2v) is 3.38.